The van der Waals surface area contributed by atoms with Crippen LogP contribution in [0.1, 0.15) is 19.3 Å². The maximum Gasteiger partial charge on any atom is 0.147 e. The maximum atomic E-state index is 14.9. The van der Waals surface area contributed by atoms with E-state index in [-0.39, 0.29) is 17.8 Å². The molecular formula is C22H25FN6O. The molecule has 5 rings (SSSR count). The average molecular weight is 408 g/mol. The van der Waals surface area contributed by atoms with Gasteiger partial charge in [0.05, 0.1) is 30.3 Å². The Bertz CT molecular complexity index is 1050. The van der Waals surface area contributed by atoms with Crippen molar-refractivity contribution in [2.24, 2.45) is 7.05 Å². The van der Waals surface area contributed by atoms with Gasteiger partial charge in [-0.3, -0.25) is 9.67 Å². The van der Waals surface area contributed by atoms with E-state index in [1.807, 2.05) is 37.3 Å². The van der Waals surface area contributed by atoms with Gasteiger partial charge in [-0.2, -0.15) is 5.10 Å². The molecule has 2 N–H and O–H groups in total. The number of aryl methyl sites for hydroxylation is 1. The molecule has 2 aromatic heterocycles. The van der Waals surface area contributed by atoms with E-state index < -0.39 is 6.17 Å². The Morgan fingerprint density at radius 1 is 1.17 bits per heavy atom. The van der Waals surface area contributed by atoms with E-state index in [4.69, 9.17) is 0 Å². The van der Waals surface area contributed by atoms with Crippen LogP contribution >= 0.6 is 0 Å². The number of piperidine rings is 1. The van der Waals surface area contributed by atoms with Crippen molar-refractivity contribution in [1.82, 2.24) is 25.1 Å². The Kier molecular flexibility index (Phi) is 4.66. The van der Waals surface area contributed by atoms with Crippen LogP contribution in [0.3, 0.4) is 0 Å². The fourth-order valence-corrected chi connectivity index (χ4v) is 4.66. The minimum atomic E-state index is -0.917. The number of nitrogens with zero attached hydrogens (tertiary/aromatic N) is 5. The number of rotatable bonds is 4. The highest BCUT2D eigenvalue weighted by Crippen LogP contribution is 2.34. The Hall–Kier alpha value is -3.00. The van der Waals surface area contributed by atoms with Gasteiger partial charge in [0, 0.05) is 43.5 Å². The fraction of sp³-hybridized carbons (Fsp3) is 0.409. The number of aromatic nitrogens is 4. The minimum Gasteiger partial charge on any atom is -0.507 e. The highest BCUT2D eigenvalue weighted by molar-refractivity contribution is 5.73. The predicted octanol–water partition coefficient (Wildman–Crippen LogP) is 2.92. The molecule has 2 unspecified atom stereocenters. The van der Waals surface area contributed by atoms with E-state index in [0.29, 0.717) is 23.1 Å². The van der Waals surface area contributed by atoms with Gasteiger partial charge in [-0.05, 0) is 37.0 Å². The van der Waals surface area contributed by atoms with Crippen LogP contribution in [0, 0.1) is 0 Å². The van der Waals surface area contributed by atoms with Crippen molar-refractivity contribution in [3.63, 3.8) is 0 Å². The van der Waals surface area contributed by atoms with E-state index >= 15 is 0 Å². The lowest BCUT2D eigenvalue weighted by Gasteiger charge is -2.38. The third-order valence-electron chi connectivity index (χ3n) is 6.36. The monoisotopic (exact) mass is 408 g/mol. The molecule has 1 aromatic carbocycles. The summed E-state index contributed by atoms with van der Waals surface area (Å²) in [6.07, 6.45) is 8.72. The molecule has 2 saturated heterocycles. The summed E-state index contributed by atoms with van der Waals surface area (Å²) in [4.78, 5) is 10.9. The number of phenolic OH excluding ortho intramolecular Hbond substituents is 1. The Morgan fingerprint density at radius 3 is 2.73 bits per heavy atom. The summed E-state index contributed by atoms with van der Waals surface area (Å²) >= 11 is 0. The highest BCUT2D eigenvalue weighted by Gasteiger charge is 2.43. The van der Waals surface area contributed by atoms with Gasteiger partial charge in [0.15, 0.2) is 0 Å². The summed E-state index contributed by atoms with van der Waals surface area (Å²) in [5.41, 5.74) is 2.99. The van der Waals surface area contributed by atoms with Gasteiger partial charge < -0.3 is 15.3 Å². The average Bonchev–Trinajstić information content (AvgIpc) is 3.37. The van der Waals surface area contributed by atoms with Gasteiger partial charge in [0.1, 0.15) is 17.7 Å². The van der Waals surface area contributed by atoms with Crippen molar-refractivity contribution in [3.8, 4) is 28.1 Å². The maximum absolute atomic E-state index is 14.9. The van der Waals surface area contributed by atoms with Crippen LogP contribution in [0.5, 0.6) is 5.75 Å². The Morgan fingerprint density at radius 2 is 2.03 bits per heavy atom. The second-order valence-corrected chi connectivity index (χ2v) is 8.30. The van der Waals surface area contributed by atoms with Crippen LogP contribution in [0.4, 0.5) is 10.2 Å². The summed E-state index contributed by atoms with van der Waals surface area (Å²) in [5.74, 6) is 0.768. The van der Waals surface area contributed by atoms with Crippen LogP contribution in [-0.2, 0) is 7.05 Å². The molecule has 156 valence electrons. The quantitative estimate of drug-likeness (QED) is 0.691. The summed E-state index contributed by atoms with van der Waals surface area (Å²) in [6, 6.07) is 5.58. The molecule has 0 saturated carbocycles. The molecule has 2 fully saturated rings. The van der Waals surface area contributed by atoms with Crippen molar-refractivity contribution < 1.29 is 9.50 Å². The van der Waals surface area contributed by atoms with Crippen molar-refractivity contribution in [1.29, 1.82) is 0 Å². The minimum absolute atomic E-state index is 0.0568. The standard InChI is InChI=1S/C22H25FN6O/c1-28-12-14(9-26-28)13-3-5-16(20(30)7-13)18-10-25-21(11-24-18)29(2)19-8-15-4-6-17(27-15)22(19)23/h3,5,7,9-12,15,17,19,22,27,30H,4,6,8H2,1-2H3/t15?,17?,19-,22+/m1/s1. The molecule has 4 heterocycles. The Balaban J connectivity index is 1.36. The second-order valence-electron chi connectivity index (χ2n) is 8.30. The van der Waals surface area contributed by atoms with Crippen molar-refractivity contribution in [3.05, 3.63) is 43.0 Å². The van der Waals surface area contributed by atoms with Gasteiger partial charge >= 0.3 is 0 Å². The van der Waals surface area contributed by atoms with Crippen molar-refractivity contribution >= 4 is 5.82 Å². The van der Waals surface area contributed by atoms with Gasteiger partial charge in [-0.1, -0.05) is 6.07 Å². The fourth-order valence-electron chi connectivity index (χ4n) is 4.66. The molecule has 8 heteroatoms. The first-order valence-corrected chi connectivity index (χ1v) is 10.3. The number of halogens is 1. The van der Waals surface area contributed by atoms with E-state index in [2.05, 4.69) is 20.4 Å². The van der Waals surface area contributed by atoms with Crippen LogP contribution in [0.15, 0.2) is 43.0 Å². The first kappa shape index (κ1) is 19.0. The van der Waals surface area contributed by atoms with Gasteiger partial charge in [0.25, 0.3) is 0 Å². The number of fused-ring (bicyclic) bond motifs is 2. The zero-order valence-electron chi connectivity index (χ0n) is 17.0. The lowest BCUT2D eigenvalue weighted by Crippen LogP contribution is -2.55. The third-order valence-corrected chi connectivity index (χ3v) is 6.36. The molecule has 3 aromatic rings. The normalized spacial score (nSPS) is 25.4. The van der Waals surface area contributed by atoms with Gasteiger partial charge in [0.2, 0.25) is 0 Å². The molecule has 2 bridgehead atoms. The molecule has 2 aliphatic heterocycles. The number of phenols is 1. The highest BCUT2D eigenvalue weighted by atomic mass is 19.1. The molecule has 30 heavy (non-hydrogen) atoms. The lowest BCUT2D eigenvalue weighted by molar-refractivity contribution is 0.176. The summed E-state index contributed by atoms with van der Waals surface area (Å²) in [5, 5.41) is 18.1. The molecule has 7 nitrogen and oxygen atoms in total. The summed E-state index contributed by atoms with van der Waals surface area (Å²) < 4.78 is 16.6. The predicted molar refractivity (Wildman–Crippen MR) is 113 cm³/mol. The van der Waals surface area contributed by atoms with Gasteiger partial charge in [-0.25, -0.2) is 9.37 Å². The molecule has 4 atom stereocenters. The lowest BCUT2D eigenvalue weighted by atomic mass is 9.96. The van der Waals surface area contributed by atoms with E-state index in [1.54, 1.807) is 29.3 Å². The molecular weight excluding hydrogens is 383 g/mol. The van der Waals surface area contributed by atoms with Crippen LogP contribution < -0.4 is 10.2 Å². The zero-order chi connectivity index (χ0) is 20.8. The van der Waals surface area contributed by atoms with Crippen LogP contribution in [-0.4, -0.2) is 56.2 Å². The molecule has 0 amide bonds. The summed E-state index contributed by atoms with van der Waals surface area (Å²) in [7, 11) is 3.73. The molecule has 0 aliphatic carbocycles. The number of hydrogen-bond acceptors (Lipinski definition) is 6. The smallest absolute Gasteiger partial charge is 0.147 e. The number of anilines is 1. The topological polar surface area (TPSA) is 79.1 Å². The first-order valence-electron chi connectivity index (χ1n) is 10.3. The zero-order valence-corrected chi connectivity index (χ0v) is 17.0. The number of benzene rings is 1. The number of nitrogens with one attached hydrogen (secondary N) is 1. The largest absolute Gasteiger partial charge is 0.507 e. The van der Waals surface area contributed by atoms with Crippen molar-refractivity contribution in [2.45, 2.75) is 43.6 Å². The number of hydrogen-bond donors (Lipinski definition) is 2. The molecule has 0 spiro atoms. The van der Waals surface area contributed by atoms with Crippen LogP contribution in [0.2, 0.25) is 0 Å². The summed E-state index contributed by atoms with van der Waals surface area (Å²) in [6.45, 7) is 0. The van der Waals surface area contributed by atoms with Crippen LogP contribution in [0.25, 0.3) is 22.4 Å². The van der Waals surface area contributed by atoms with E-state index in [1.165, 1.54) is 0 Å². The molecule has 0 radical (unpaired) electrons. The van der Waals surface area contributed by atoms with E-state index in [9.17, 15) is 9.50 Å². The Labute approximate surface area is 174 Å². The first-order chi connectivity index (χ1) is 14.5. The molecule has 2 aliphatic rings. The third kappa shape index (κ3) is 3.31. The second kappa shape index (κ2) is 7.36. The van der Waals surface area contributed by atoms with Crippen molar-refractivity contribution in [2.75, 3.05) is 11.9 Å². The van der Waals surface area contributed by atoms with Gasteiger partial charge in [-0.15, -0.1) is 0 Å². The SMILES string of the molecule is CN(c1cnc(-c2ccc(-c3cnn(C)c3)cc2O)cn1)[C@@H]1CC2CCC(N2)[C@@H]1F. The van der Waals surface area contributed by atoms with E-state index in [0.717, 1.165) is 30.4 Å². The number of aromatic hydroxyl groups is 1. The number of alkyl halides is 1.